The number of hydrogen-bond acceptors (Lipinski definition) is 2. The van der Waals surface area contributed by atoms with E-state index in [0.29, 0.717) is 0 Å². The summed E-state index contributed by atoms with van der Waals surface area (Å²) in [6, 6.07) is 0. The van der Waals surface area contributed by atoms with Crippen LogP contribution in [0.1, 0.15) is 6.92 Å². The van der Waals surface area contributed by atoms with Crippen molar-refractivity contribution in [1.82, 2.24) is 5.32 Å². The van der Waals surface area contributed by atoms with Gasteiger partial charge >= 0.3 is 0 Å². The van der Waals surface area contributed by atoms with Crippen molar-refractivity contribution in [3.8, 4) is 0 Å². The summed E-state index contributed by atoms with van der Waals surface area (Å²) in [5.74, 6) is 0.781. The lowest BCUT2D eigenvalue weighted by atomic mass is 10.6. The van der Waals surface area contributed by atoms with Crippen LogP contribution >= 0.6 is 0 Å². The third-order valence-electron chi connectivity index (χ3n) is 0.776. The van der Waals surface area contributed by atoms with Crippen LogP contribution in [0.4, 0.5) is 0 Å². The van der Waals surface area contributed by atoms with Crippen molar-refractivity contribution < 1.29 is 4.74 Å². The normalized spacial score (nSPS) is 11.6. The van der Waals surface area contributed by atoms with E-state index in [4.69, 9.17) is 0 Å². The van der Waals surface area contributed by atoms with Crippen LogP contribution in [0.2, 0.25) is 0 Å². The number of nitrogens with zero attached hydrogens (tertiary/aromatic N) is 1. The van der Waals surface area contributed by atoms with Gasteiger partial charge in [0.1, 0.15) is 12.1 Å². The molecule has 0 aliphatic heterocycles. The Morgan fingerprint density at radius 2 is 2.40 bits per heavy atom. The van der Waals surface area contributed by atoms with E-state index in [1.807, 2.05) is 6.92 Å². The predicted octanol–water partition coefficient (Wildman–Crippen LogP) is 1.26. The van der Waals surface area contributed by atoms with Gasteiger partial charge in [0.2, 0.25) is 0 Å². The number of aliphatic imine (C=N–C) groups is 1. The lowest BCUT2D eigenvalue weighted by molar-refractivity contribution is 0.337. The zero-order valence-electron chi connectivity index (χ0n) is 6.29. The van der Waals surface area contributed by atoms with E-state index < -0.39 is 0 Å². The number of nitrogens with one attached hydrogen (secondary N) is 1. The van der Waals surface area contributed by atoms with Crippen molar-refractivity contribution in [3.63, 3.8) is 0 Å². The standard InChI is InChI=1S/C7H12N2O/c1-4-8-7(2)9-5-6-10-3/h4-6H,1H2,2-3H3,(H,8,9)/b6-5-. The van der Waals surface area contributed by atoms with Crippen LogP contribution in [0.3, 0.4) is 0 Å². The average molecular weight is 140 g/mol. The second-order valence-corrected chi connectivity index (χ2v) is 1.58. The molecule has 0 spiro atoms. The van der Waals surface area contributed by atoms with Gasteiger partial charge in [-0.15, -0.1) is 0 Å². The molecular formula is C7H12N2O. The van der Waals surface area contributed by atoms with Gasteiger partial charge in [0.05, 0.1) is 13.3 Å². The highest BCUT2D eigenvalue weighted by Gasteiger charge is 1.77. The van der Waals surface area contributed by atoms with Gasteiger partial charge in [-0.2, -0.15) is 0 Å². The van der Waals surface area contributed by atoms with E-state index in [2.05, 4.69) is 21.6 Å². The van der Waals surface area contributed by atoms with Gasteiger partial charge in [0.25, 0.3) is 0 Å². The molecule has 0 unspecified atom stereocenters. The lowest BCUT2D eigenvalue weighted by Crippen LogP contribution is -2.11. The zero-order valence-corrected chi connectivity index (χ0v) is 6.29. The molecule has 56 valence electrons. The summed E-state index contributed by atoms with van der Waals surface area (Å²) >= 11 is 0. The highest BCUT2D eigenvalue weighted by molar-refractivity contribution is 5.80. The average Bonchev–Trinajstić information content (AvgIpc) is 1.89. The Kier molecular flexibility index (Phi) is 5.14. The fraction of sp³-hybridized carbons (Fsp3) is 0.286. The molecule has 10 heavy (non-hydrogen) atoms. The van der Waals surface area contributed by atoms with Crippen molar-refractivity contribution >= 4 is 5.84 Å². The molecule has 0 aliphatic carbocycles. The van der Waals surface area contributed by atoms with Crippen molar-refractivity contribution in [2.24, 2.45) is 4.99 Å². The Bertz CT molecular complexity index is 150. The summed E-state index contributed by atoms with van der Waals surface area (Å²) < 4.78 is 4.63. The van der Waals surface area contributed by atoms with E-state index in [1.165, 1.54) is 6.26 Å². The first kappa shape index (κ1) is 8.75. The van der Waals surface area contributed by atoms with E-state index in [9.17, 15) is 0 Å². The fourth-order valence-corrected chi connectivity index (χ4v) is 0.388. The van der Waals surface area contributed by atoms with E-state index in [1.54, 1.807) is 19.5 Å². The topological polar surface area (TPSA) is 33.6 Å². The van der Waals surface area contributed by atoms with Gasteiger partial charge in [0.15, 0.2) is 0 Å². The number of ether oxygens (including phenoxy) is 1. The van der Waals surface area contributed by atoms with Crippen molar-refractivity contribution in [2.75, 3.05) is 7.11 Å². The molecule has 0 bridgehead atoms. The summed E-state index contributed by atoms with van der Waals surface area (Å²) in [7, 11) is 1.57. The Labute approximate surface area is 61.1 Å². The quantitative estimate of drug-likeness (QED) is 0.363. The monoisotopic (exact) mass is 140 g/mol. The molecule has 0 aromatic carbocycles. The highest BCUT2D eigenvalue weighted by Crippen LogP contribution is 1.77. The first-order valence-electron chi connectivity index (χ1n) is 2.91. The number of rotatable bonds is 3. The molecule has 0 amide bonds. The van der Waals surface area contributed by atoms with Crippen LogP contribution in [-0.2, 0) is 4.74 Å². The zero-order chi connectivity index (χ0) is 7.82. The maximum atomic E-state index is 4.63. The minimum absolute atomic E-state index is 0.781. The molecule has 0 fully saturated rings. The smallest absolute Gasteiger partial charge is 0.102 e. The lowest BCUT2D eigenvalue weighted by Gasteiger charge is -1.93. The van der Waals surface area contributed by atoms with Gasteiger partial charge in [-0.05, 0) is 13.1 Å². The van der Waals surface area contributed by atoms with E-state index >= 15 is 0 Å². The molecule has 0 radical (unpaired) electrons. The molecular weight excluding hydrogens is 128 g/mol. The third-order valence-corrected chi connectivity index (χ3v) is 0.776. The largest absolute Gasteiger partial charge is 0.503 e. The fourth-order valence-electron chi connectivity index (χ4n) is 0.388. The molecule has 3 heteroatoms. The van der Waals surface area contributed by atoms with Gasteiger partial charge < -0.3 is 10.1 Å². The molecule has 0 atom stereocenters. The maximum Gasteiger partial charge on any atom is 0.102 e. The molecule has 0 heterocycles. The van der Waals surface area contributed by atoms with Gasteiger partial charge in [0, 0.05) is 0 Å². The van der Waals surface area contributed by atoms with Crippen LogP contribution in [0.5, 0.6) is 0 Å². The van der Waals surface area contributed by atoms with Crippen LogP contribution in [0.15, 0.2) is 30.2 Å². The first-order valence-corrected chi connectivity index (χ1v) is 2.91. The highest BCUT2D eigenvalue weighted by atomic mass is 16.5. The molecule has 0 aromatic heterocycles. The molecule has 0 saturated carbocycles. The van der Waals surface area contributed by atoms with Crippen LogP contribution in [0, 0.1) is 0 Å². The Balaban J connectivity index is 3.67. The van der Waals surface area contributed by atoms with Crippen LogP contribution in [-0.4, -0.2) is 12.9 Å². The van der Waals surface area contributed by atoms with E-state index in [-0.39, 0.29) is 0 Å². The summed E-state index contributed by atoms with van der Waals surface area (Å²) in [5, 5.41) is 2.81. The molecule has 0 rings (SSSR count). The van der Waals surface area contributed by atoms with Gasteiger partial charge in [-0.1, -0.05) is 6.58 Å². The SMILES string of the molecule is C=CN/C(C)=N/C=C\OC. The first-order chi connectivity index (χ1) is 4.81. The minimum atomic E-state index is 0.781. The Hall–Kier alpha value is -1.25. The Morgan fingerprint density at radius 3 is 2.90 bits per heavy atom. The van der Waals surface area contributed by atoms with Crippen molar-refractivity contribution in [2.45, 2.75) is 6.92 Å². The Morgan fingerprint density at radius 1 is 1.70 bits per heavy atom. The number of amidine groups is 1. The minimum Gasteiger partial charge on any atom is -0.503 e. The van der Waals surface area contributed by atoms with E-state index in [0.717, 1.165) is 5.84 Å². The summed E-state index contributed by atoms with van der Waals surface area (Å²) in [4.78, 5) is 3.93. The molecule has 0 aromatic rings. The predicted molar refractivity (Wildman–Crippen MR) is 42.6 cm³/mol. The van der Waals surface area contributed by atoms with Gasteiger partial charge in [-0.3, -0.25) is 0 Å². The third kappa shape index (κ3) is 4.90. The van der Waals surface area contributed by atoms with Crippen LogP contribution in [0.25, 0.3) is 0 Å². The molecule has 3 nitrogen and oxygen atoms in total. The van der Waals surface area contributed by atoms with Crippen LogP contribution < -0.4 is 5.32 Å². The summed E-state index contributed by atoms with van der Waals surface area (Å²) in [6.45, 7) is 5.32. The molecule has 0 saturated heterocycles. The van der Waals surface area contributed by atoms with Crippen molar-refractivity contribution in [3.05, 3.63) is 25.2 Å². The maximum absolute atomic E-state index is 4.63. The second kappa shape index (κ2) is 5.88. The number of hydrogen-bond donors (Lipinski definition) is 1. The second-order valence-electron chi connectivity index (χ2n) is 1.58. The number of methoxy groups -OCH3 is 1. The van der Waals surface area contributed by atoms with Crippen molar-refractivity contribution in [1.29, 1.82) is 0 Å². The molecule has 1 N–H and O–H groups in total. The van der Waals surface area contributed by atoms with Gasteiger partial charge in [-0.25, -0.2) is 4.99 Å². The summed E-state index contributed by atoms with van der Waals surface area (Å²) in [5.41, 5.74) is 0. The molecule has 0 aliphatic rings. The summed E-state index contributed by atoms with van der Waals surface area (Å²) in [6.07, 6.45) is 4.62.